The molecule has 0 aromatic heterocycles. The number of nitrogens with one attached hydrogen (secondary N) is 1. The van der Waals surface area contributed by atoms with Crippen molar-refractivity contribution in [2.75, 3.05) is 7.11 Å². The molecule has 0 saturated heterocycles. The Balaban J connectivity index is 1.75. The normalized spacial score (nSPS) is 20.5. The molecular formula is C20H22FNO2. The van der Waals surface area contributed by atoms with E-state index in [1.807, 2.05) is 25.1 Å². The number of halogens is 1. The molecule has 126 valence electrons. The number of amides is 1. The van der Waals surface area contributed by atoms with Gasteiger partial charge in [0.15, 0.2) is 0 Å². The van der Waals surface area contributed by atoms with Crippen molar-refractivity contribution >= 4 is 5.91 Å². The van der Waals surface area contributed by atoms with Gasteiger partial charge in [0.25, 0.3) is 0 Å². The quantitative estimate of drug-likeness (QED) is 0.908. The predicted molar refractivity (Wildman–Crippen MR) is 91.3 cm³/mol. The predicted octanol–water partition coefficient (Wildman–Crippen LogP) is 3.75. The standard InChI is InChI=1S/C20H22FNO2/c1-3-16(13-8-10-15(21)11-9-13)20(23)22-18-12-14-6-4-5-7-17(14)19(18)24-2/h4-11,16,18-19H,3,12H2,1-2H3,(H,22,23)/t16?,18-,19-/m1/s1. The van der Waals surface area contributed by atoms with Crippen molar-refractivity contribution in [3.05, 3.63) is 71.0 Å². The number of hydrogen-bond donors (Lipinski definition) is 1. The molecule has 2 aromatic carbocycles. The molecule has 0 radical (unpaired) electrons. The number of fused-ring (bicyclic) bond motifs is 1. The Kier molecular flexibility index (Phi) is 4.95. The van der Waals surface area contributed by atoms with Crippen LogP contribution in [0.25, 0.3) is 0 Å². The van der Waals surface area contributed by atoms with Crippen molar-refractivity contribution in [1.82, 2.24) is 5.32 Å². The van der Waals surface area contributed by atoms with Crippen LogP contribution in [-0.2, 0) is 16.0 Å². The molecule has 1 N–H and O–H groups in total. The summed E-state index contributed by atoms with van der Waals surface area (Å²) < 4.78 is 18.7. The van der Waals surface area contributed by atoms with Crippen molar-refractivity contribution < 1.29 is 13.9 Å². The molecule has 0 saturated carbocycles. The van der Waals surface area contributed by atoms with Crippen LogP contribution in [-0.4, -0.2) is 19.1 Å². The summed E-state index contributed by atoms with van der Waals surface area (Å²) in [5.41, 5.74) is 3.19. The fourth-order valence-corrected chi connectivity index (χ4v) is 3.53. The van der Waals surface area contributed by atoms with E-state index >= 15 is 0 Å². The van der Waals surface area contributed by atoms with Gasteiger partial charge >= 0.3 is 0 Å². The van der Waals surface area contributed by atoms with Crippen molar-refractivity contribution in [1.29, 1.82) is 0 Å². The van der Waals surface area contributed by atoms with E-state index in [9.17, 15) is 9.18 Å². The molecule has 3 rings (SSSR count). The van der Waals surface area contributed by atoms with Gasteiger partial charge in [-0.15, -0.1) is 0 Å². The highest BCUT2D eigenvalue weighted by Gasteiger charge is 2.34. The smallest absolute Gasteiger partial charge is 0.227 e. The molecule has 0 spiro atoms. The second-order valence-electron chi connectivity index (χ2n) is 6.19. The lowest BCUT2D eigenvalue weighted by atomic mass is 9.95. The maximum absolute atomic E-state index is 13.1. The van der Waals surface area contributed by atoms with Crippen LogP contribution in [0.3, 0.4) is 0 Å². The Morgan fingerprint density at radius 3 is 2.62 bits per heavy atom. The Morgan fingerprint density at radius 1 is 1.25 bits per heavy atom. The van der Waals surface area contributed by atoms with Gasteiger partial charge in [-0.3, -0.25) is 4.79 Å². The Labute approximate surface area is 141 Å². The van der Waals surface area contributed by atoms with Gasteiger partial charge < -0.3 is 10.1 Å². The highest BCUT2D eigenvalue weighted by atomic mass is 19.1. The van der Waals surface area contributed by atoms with Gasteiger partial charge in [-0.25, -0.2) is 4.39 Å². The number of rotatable bonds is 5. The van der Waals surface area contributed by atoms with E-state index in [-0.39, 0.29) is 29.8 Å². The number of ether oxygens (including phenoxy) is 1. The van der Waals surface area contributed by atoms with Crippen LogP contribution >= 0.6 is 0 Å². The summed E-state index contributed by atoms with van der Waals surface area (Å²) in [5.74, 6) is -0.615. The summed E-state index contributed by atoms with van der Waals surface area (Å²) in [7, 11) is 1.67. The molecule has 1 aliphatic rings. The van der Waals surface area contributed by atoms with Gasteiger partial charge in [0.2, 0.25) is 5.91 Å². The molecule has 3 nitrogen and oxygen atoms in total. The number of hydrogen-bond acceptors (Lipinski definition) is 2. The maximum Gasteiger partial charge on any atom is 0.227 e. The van der Waals surface area contributed by atoms with Gasteiger partial charge in [0, 0.05) is 7.11 Å². The maximum atomic E-state index is 13.1. The third-order valence-corrected chi connectivity index (χ3v) is 4.75. The Morgan fingerprint density at radius 2 is 1.96 bits per heavy atom. The summed E-state index contributed by atoms with van der Waals surface area (Å²) in [4.78, 5) is 12.8. The average molecular weight is 327 g/mol. The highest BCUT2D eigenvalue weighted by Crippen LogP contribution is 2.34. The zero-order chi connectivity index (χ0) is 17.1. The van der Waals surface area contributed by atoms with E-state index in [1.165, 1.54) is 17.7 Å². The van der Waals surface area contributed by atoms with E-state index in [4.69, 9.17) is 4.74 Å². The summed E-state index contributed by atoms with van der Waals surface area (Å²) in [6, 6.07) is 14.2. The minimum atomic E-state index is -0.292. The number of carbonyl (C=O) groups is 1. The Bertz CT molecular complexity index is 714. The molecule has 1 aliphatic carbocycles. The lowest BCUT2D eigenvalue weighted by Gasteiger charge is -2.23. The molecule has 1 amide bonds. The van der Waals surface area contributed by atoms with Gasteiger partial charge in [-0.05, 0) is 41.7 Å². The van der Waals surface area contributed by atoms with Crippen LogP contribution in [0.2, 0.25) is 0 Å². The van der Waals surface area contributed by atoms with Crippen LogP contribution in [0, 0.1) is 5.82 Å². The van der Waals surface area contributed by atoms with Crippen LogP contribution in [0.1, 0.15) is 42.1 Å². The summed E-state index contributed by atoms with van der Waals surface area (Å²) in [5, 5.41) is 3.13. The number of carbonyl (C=O) groups excluding carboxylic acids is 1. The van der Waals surface area contributed by atoms with Crippen LogP contribution in [0.15, 0.2) is 48.5 Å². The largest absolute Gasteiger partial charge is 0.375 e. The minimum absolute atomic E-state index is 0.0380. The molecule has 2 aromatic rings. The molecule has 1 unspecified atom stereocenters. The molecular weight excluding hydrogens is 305 g/mol. The summed E-state index contributed by atoms with van der Waals surface area (Å²) >= 11 is 0. The first-order valence-corrected chi connectivity index (χ1v) is 8.30. The number of methoxy groups -OCH3 is 1. The third-order valence-electron chi connectivity index (χ3n) is 4.75. The zero-order valence-electron chi connectivity index (χ0n) is 14.0. The summed E-state index contributed by atoms with van der Waals surface area (Å²) in [6.07, 6.45) is 1.30. The van der Waals surface area contributed by atoms with E-state index < -0.39 is 0 Å². The second-order valence-corrected chi connectivity index (χ2v) is 6.19. The lowest BCUT2D eigenvalue weighted by molar-refractivity contribution is -0.124. The van der Waals surface area contributed by atoms with Gasteiger partial charge in [-0.1, -0.05) is 43.3 Å². The molecule has 0 fully saturated rings. The molecule has 4 heteroatoms. The van der Waals surface area contributed by atoms with E-state index in [1.54, 1.807) is 19.2 Å². The fourth-order valence-electron chi connectivity index (χ4n) is 3.53. The monoisotopic (exact) mass is 327 g/mol. The van der Waals surface area contributed by atoms with Crippen molar-refractivity contribution in [3.8, 4) is 0 Å². The van der Waals surface area contributed by atoms with E-state index in [0.717, 1.165) is 17.5 Å². The molecule has 0 aliphatic heterocycles. The van der Waals surface area contributed by atoms with E-state index in [0.29, 0.717) is 6.42 Å². The summed E-state index contributed by atoms with van der Waals surface area (Å²) in [6.45, 7) is 1.96. The first-order valence-electron chi connectivity index (χ1n) is 8.30. The van der Waals surface area contributed by atoms with Crippen LogP contribution < -0.4 is 5.32 Å². The van der Waals surface area contributed by atoms with Gasteiger partial charge in [-0.2, -0.15) is 0 Å². The van der Waals surface area contributed by atoms with Gasteiger partial charge in [0.05, 0.1) is 12.0 Å². The Hall–Kier alpha value is -2.20. The van der Waals surface area contributed by atoms with Gasteiger partial charge in [0.1, 0.15) is 11.9 Å². The first-order chi connectivity index (χ1) is 11.6. The third kappa shape index (κ3) is 3.20. The van der Waals surface area contributed by atoms with Crippen LogP contribution in [0.5, 0.6) is 0 Å². The SMILES string of the molecule is CCC(C(=O)N[C@@H]1Cc2ccccc2[C@H]1OC)c1ccc(F)cc1. The molecule has 24 heavy (non-hydrogen) atoms. The van der Waals surface area contributed by atoms with E-state index in [2.05, 4.69) is 11.4 Å². The molecule has 3 atom stereocenters. The number of benzene rings is 2. The minimum Gasteiger partial charge on any atom is -0.375 e. The molecule has 0 bridgehead atoms. The average Bonchev–Trinajstić information content (AvgIpc) is 2.94. The second kappa shape index (κ2) is 7.14. The van der Waals surface area contributed by atoms with Crippen molar-refractivity contribution in [2.24, 2.45) is 0 Å². The fraction of sp³-hybridized carbons (Fsp3) is 0.350. The zero-order valence-corrected chi connectivity index (χ0v) is 14.0. The lowest BCUT2D eigenvalue weighted by Crippen LogP contribution is -2.41. The topological polar surface area (TPSA) is 38.3 Å². The molecule has 0 heterocycles. The van der Waals surface area contributed by atoms with Crippen molar-refractivity contribution in [3.63, 3.8) is 0 Å². The van der Waals surface area contributed by atoms with Crippen LogP contribution in [0.4, 0.5) is 4.39 Å². The van der Waals surface area contributed by atoms with Crippen molar-refractivity contribution in [2.45, 2.75) is 37.8 Å². The highest BCUT2D eigenvalue weighted by molar-refractivity contribution is 5.84. The first kappa shape index (κ1) is 16.7.